The minimum Gasteiger partial charge on any atom is -0.368 e. The van der Waals surface area contributed by atoms with Gasteiger partial charge in [0.15, 0.2) is 0 Å². The molecule has 35 heavy (non-hydrogen) atoms. The van der Waals surface area contributed by atoms with Crippen molar-refractivity contribution >= 4 is 22.8 Å². The number of hydrogen-bond donors (Lipinski definition) is 1. The van der Waals surface area contributed by atoms with E-state index in [0.717, 1.165) is 34.4 Å². The molecule has 7 heteroatoms. The smallest absolute Gasteiger partial charge is 0.273 e. The third-order valence-electron chi connectivity index (χ3n) is 6.98. The van der Waals surface area contributed by atoms with Gasteiger partial charge in [-0.05, 0) is 46.4 Å². The van der Waals surface area contributed by atoms with Gasteiger partial charge in [-0.3, -0.25) is 9.69 Å². The van der Waals surface area contributed by atoms with Crippen molar-refractivity contribution in [1.29, 1.82) is 0 Å². The summed E-state index contributed by atoms with van der Waals surface area (Å²) < 4.78 is 13.7. The summed E-state index contributed by atoms with van der Waals surface area (Å²) in [6.07, 6.45) is -0.168. The Balaban J connectivity index is 1.37. The summed E-state index contributed by atoms with van der Waals surface area (Å²) in [5, 5.41) is 0.678. The number of fused-ring (bicyclic) bond motifs is 2. The molecule has 2 N–H and O–H groups in total. The highest BCUT2D eigenvalue weighted by atomic mass is 19.1. The molecule has 2 aliphatic heterocycles. The lowest BCUT2D eigenvalue weighted by molar-refractivity contribution is 0.0747. The van der Waals surface area contributed by atoms with Crippen LogP contribution in [0.25, 0.3) is 22.0 Å². The van der Waals surface area contributed by atoms with E-state index in [0.29, 0.717) is 49.2 Å². The SMILES string of the molecule is Nc1nc(C(=O)N2Cc3ccccc3C2)c2cc(-c3ccccc3CN3CC[C@H](F)C3)ccc2n1. The first kappa shape index (κ1) is 21.7. The molecule has 0 radical (unpaired) electrons. The van der Waals surface area contributed by atoms with Crippen molar-refractivity contribution in [3.05, 3.63) is 89.1 Å². The Morgan fingerprint density at radius 1 is 1.00 bits per heavy atom. The number of benzene rings is 3. The minimum atomic E-state index is -0.754. The maximum absolute atomic E-state index is 13.7. The summed E-state index contributed by atoms with van der Waals surface area (Å²) in [7, 11) is 0. The van der Waals surface area contributed by atoms with Gasteiger partial charge < -0.3 is 10.6 Å². The molecule has 0 saturated carbocycles. The standard InChI is InChI=1S/C28H26FN5O/c29-22-11-12-33(17-22)14-21-7-3-4-8-23(21)18-9-10-25-24(13-18)26(32-28(30)31-25)27(35)34-15-19-5-1-2-6-20(19)16-34/h1-10,13,22H,11-12,14-17H2,(H2,30,31,32)/t22-/m0/s1. The molecule has 1 saturated heterocycles. The average Bonchev–Trinajstić information content (AvgIpc) is 3.49. The van der Waals surface area contributed by atoms with E-state index in [2.05, 4.69) is 39.1 Å². The van der Waals surface area contributed by atoms with Gasteiger partial charge in [0.2, 0.25) is 5.95 Å². The Kier molecular flexibility index (Phi) is 5.41. The Morgan fingerprint density at radius 3 is 2.49 bits per heavy atom. The summed E-state index contributed by atoms with van der Waals surface area (Å²) in [6.45, 7) is 3.01. The molecule has 1 aromatic heterocycles. The van der Waals surface area contributed by atoms with E-state index >= 15 is 0 Å². The van der Waals surface area contributed by atoms with E-state index in [1.165, 1.54) is 0 Å². The van der Waals surface area contributed by atoms with Crippen LogP contribution < -0.4 is 5.73 Å². The van der Waals surface area contributed by atoms with E-state index in [9.17, 15) is 9.18 Å². The van der Waals surface area contributed by atoms with Crippen molar-refractivity contribution < 1.29 is 9.18 Å². The number of anilines is 1. The number of likely N-dealkylation sites (tertiary alicyclic amines) is 1. The number of carbonyl (C=O) groups is 1. The first-order valence-corrected chi connectivity index (χ1v) is 11.9. The number of nitrogens with zero attached hydrogens (tertiary/aromatic N) is 4. The van der Waals surface area contributed by atoms with Crippen LogP contribution in [0.4, 0.5) is 10.3 Å². The molecule has 1 fully saturated rings. The summed E-state index contributed by atoms with van der Waals surface area (Å²) in [6, 6.07) is 22.1. The van der Waals surface area contributed by atoms with Gasteiger partial charge in [0.05, 0.1) is 5.52 Å². The largest absolute Gasteiger partial charge is 0.368 e. The molecule has 0 aliphatic carbocycles. The number of rotatable bonds is 4. The Bertz CT molecular complexity index is 1410. The third-order valence-corrected chi connectivity index (χ3v) is 6.98. The van der Waals surface area contributed by atoms with Gasteiger partial charge in [0, 0.05) is 38.1 Å². The fourth-order valence-corrected chi connectivity index (χ4v) is 5.21. The van der Waals surface area contributed by atoms with E-state index in [-0.39, 0.29) is 11.9 Å². The second kappa shape index (κ2) is 8.74. The molecule has 3 aromatic carbocycles. The third kappa shape index (κ3) is 4.12. The molecule has 3 heterocycles. The van der Waals surface area contributed by atoms with E-state index < -0.39 is 6.17 Å². The van der Waals surface area contributed by atoms with Gasteiger partial charge in [0.1, 0.15) is 11.9 Å². The van der Waals surface area contributed by atoms with Crippen molar-refractivity contribution in [2.45, 2.75) is 32.2 Å². The molecule has 2 aliphatic rings. The number of alkyl halides is 1. The van der Waals surface area contributed by atoms with Crippen LogP contribution in [-0.2, 0) is 19.6 Å². The van der Waals surface area contributed by atoms with Crippen LogP contribution in [0.3, 0.4) is 0 Å². The van der Waals surface area contributed by atoms with E-state index in [4.69, 9.17) is 5.73 Å². The minimum absolute atomic E-state index is 0.0838. The van der Waals surface area contributed by atoms with Gasteiger partial charge in [-0.1, -0.05) is 54.6 Å². The highest BCUT2D eigenvalue weighted by Crippen LogP contribution is 2.31. The Hall–Kier alpha value is -3.84. The van der Waals surface area contributed by atoms with Gasteiger partial charge in [-0.15, -0.1) is 0 Å². The predicted molar refractivity (Wildman–Crippen MR) is 134 cm³/mol. The van der Waals surface area contributed by atoms with Crippen LogP contribution in [0.5, 0.6) is 0 Å². The quantitative estimate of drug-likeness (QED) is 0.476. The van der Waals surface area contributed by atoms with Crippen LogP contribution in [0, 0.1) is 0 Å². The Morgan fingerprint density at radius 2 is 1.74 bits per heavy atom. The van der Waals surface area contributed by atoms with Gasteiger partial charge in [0.25, 0.3) is 5.91 Å². The number of amides is 1. The maximum Gasteiger partial charge on any atom is 0.273 e. The van der Waals surface area contributed by atoms with Crippen molar-refractivity contribution in [2.75, 3.05) is 18.8 Å². The lowest BCUT2D eigenvalue weighted by Crippen LogP contribution is -2.27. The molecule has 0 unspecified atom stereocenters. The van der Waals surface area contributed by atoms with Crippen molar-refractivity contribution in [1.82, 2.24) is 19.8 Å². The molecule has 6 nitrogen and oxygen atoms in total. The number of halogens is 1. The maximum atomic E-state index is 13.7. The zero-order valence-electron chi connectivity index (χ0n) is 19.3. The molecule has 6 rings (SSSR count). The van der Waals surface area contributed by atoms with E-state index in [1.54, 1.807) is 4.90 Å². The van der Waals surface area contributed by atoms with Crippen LogP contribution in [0.15, 0.2) is 66.7 Å². The number of nitrogens with two attached hydrogens (primary N) is 1. The predicted octanol–water partition coefficient (Wildman–Crippen LogP) is 4.58. The summed E-state index contributed by atoms with van der Waals surface area (Å²) in [5.41, 5.74) is 12.4. The topological polar surface area (TPSA) is 75.3 Å². The first-order chi connectivity index (χ1) is 17.0. The second-order valence-electron chi connectivity index (χ2n) is 9.37. The van der Waals surface area contributed by atoms with Crippen LogP contribution in [0.2, 0.25) is 0 Å². The highest BCUT2D eigenvalue weighted by molar-refractivity contribution is 6.06. The zero-order valence-corrected chi connectivity index (χ0v) is 19.3. The molecule has 0 spiro atoms. The summed E-state index contributed by atoms with van der Waals surface area (Å²) in [5.74, 6) is -0.0719. The molecule has 0 bridgehead atoms. The Labute approximate surface area is 203 Å². The molecular formula is C28H26FN5O. The number of nitrogen functional groups attached to an aromatic ring is 1. The molecule has 1 amide bonds. The molecular weight excluding hydrogens is 441 g/mol. The highest BCUT2D eigenvalue weighted by Gasteiger charge is 2.27. The lowest BCUT2D eigenvalue weighted by Gasteiger charge is -2.19. The molecule has 176 valence electrons. The lowest BCUT2D eigenvalue weighted by atomic mass is 9.97. The van der Waals surface area contributed by atoms with Crippen LogP contribution >= 0.6 is 0 Å². The van der Waals surface area contributed by atoms with Crippen molar-refractivity contribution in [3.63, 3.8) is 0 Å². The normalized spacial score (nSPS) is 17.7. The number of hydrogen-bond acceptors (Lipinski definition) is 5. The number of carbonyl (C=O) groups excluding carboxylic acids is 1. The summed E-state index contributed by atoms with van der Waals surface area (Å²) in [4.78, 5) is 26.3. The first-order valence-electron chi connectivity index (χ1n) is 11.9. The summed E-state index contributed by atoms with van der Waals surface area (Å²) >= 11 is 0. The fraction of sp³-hybridized carbons (Fsp3) is 0.250. The second-order valence-corrected chi connectivity index (χ2v) is 9.37. The van der Waals surface area contributed by atoms with Gasteiger partial charge >= 0.3 is 0 Å². The van der Waals surface area contributed by atoms with Crippen LogP contribution in [-0.4, -0.2) is 44.9 Å². The molecule has 1 atom stereocenters. The monoisotopic (exact) mass is 467 g/mol. The van der Waals surface area contributed by atoms with E-state index in [1.807, 2.05) is 42.5 Å². The molecule has 4 aromatic rings. The fourth-order valence-electron chi connectivity index (χ4n) is 5.21. The van der Waals surface area contributed by atoms with Crippen molar-refractivity contribution in [2.24, 2.45) is 0 Å². The zero-order chi connectivity index (χ0) is 23.9. The van der Waals surface area contributed by atoms with Crippen LogP contribution in [0.1, 0.15) is 33.6 Å². The van der Waals surface area contributed by atoms with Gasteiger partial charge in [-0.2, -0.15) is 0 Å². The average molecular weight is 468 g/mol. The van der Waals surface area contributed by atoms with Gasteiger partial charge in [-0.25, -0.2) is 14.4 Å². The number of aromatic nitrogens is 2. The van der Waals surface area contributed by atoms with Crippen molar-refractivity contribution in [3.8, 4) is 11.1 Å².